The first-order valence-corrected chi connectivity index (χ1v) is 5.42. The smallest absolute Gasteiger partial charge is 0.0791 e. The summed E-state index contributed by atoms with van der Waals surface area (Å²) < 4.78 is 5.78. The van der Waals surface area contributed by atoms with Gasteiger partial charge in [-0.05, 0) is 18.3 Å². The van der Waals surface area contributed by atoms with Gasteiger partial charge >= 0.3 is 0 Å². The molecule has 0 radical (unpaired) electrons. The molecule has 0 aromatic rings. The third kappa shape index (κ3) is 3.95. The fourth-order valence-corrected chi connectivity index (χ4v) is 1.70. The van der Waals surface area contributed by atoms with Crippen molar-refractivity contribution >= 4 is 0 Å². The zero-order valence-corrected chi connectivity index (χ0v) is 10.4. The molecule has 3 nitrogen and oxygen atoms in total. The van der Waals surface area contributed by atoms with Crippen LogP contribution < -0.4 is 11.3 Å². The first-order valence-electron chi connectivity index (χ1n) is 5.42. The van der Waals surface area contributed by atoms with Crippen LogP contribution in [0.5, 0.6) is 0 Å². The highest BCUT2D eigenvalue weighted by Crippen LogP contribution is 2.27. The van der Waals surface area contributed by atoms with Crippen molar-refractivity contribution in [3.8, 4) is 0 Å². The Morgan fingerprint density at radius 2 is 1.79 bits per heavy atom. The van der Waals surface area contributed by atoms with E-state index in [9.17, 15) is 0 Å². The molecule has 0 aromatic heterocycles. The lowest BCUT2D eigenvalue weighted by atomic mass is 9.81. The van der Waals surface area contributed by atoms with E-state index in [-0.39, 0.29) is 17.6 Å². The summed E-state index contributed by atoms with van der Waals surface area (Å²) >= 11 is 0. The van der Waals surface area contributed by atoms with Crippen molar-refractivity contribution in [2.24, 2.45) is 17.2 Å². The van der Waals surface area contributed by atoms with Gasteiger partial charge in [-0.2, -0.15) is 0 Å². The van der Waals surface area contributed by atoms with Crippen molar-refractivity contribution in [3.05, 3.63) is 0 Å². The highest BCUT2D eigenvalue weighted by molar-refractivity contribution is 4.87. The van der Waals surface area contributed by atoms with Crippen LogP contribution >= 0.6 is 0 Å². The van der Waals surface area contributed by atoms with Crippen LogP contribution in [-0.4, -0.2) is 18.8 Å². The van der Waals surface area contributed by atoms with Crippen molar-refractivity contribution in [2.45, 2.75) is 53.7 Å². The highest BCUT2D eigenvalue weighted by Gasteiger charge is 2.33. The number of hydrogen-bond acceptors (Lipinski definition) is 3. The minimum absolute atomic E-state index is 0.108. The van der Waals surface area contributed by atoms with Gasteiger partial charge < -0.3 is 4.74 Å². The molecule has 0 aromatic carbocycles. The van der Waals surface area contributed by atoms with Gasteiger partial charge in [-0.1, -0.05) is 34.6 Å². The van der Waals surface area contributed by atoms with Crippen LogP contribution in [0, 0.1) is 11.3 Å². The van der Waals surface area contributed by atoms with Gasteiger partial charge in [0.15, 0.2) is 0 Å². The Bertz CT molecular complexity index is 152. The van der Waals surface area contributed by atoms with Gasteiger partial charge in [-0.15, -0.1) is 0 Å². The second-order valence-corrected chi connectivity index (χ2v) is 5.18. The van der Waals surface area contributed by atoms with Gasteiger partial charge in [0.1, 0.15) is 0 Å². The predicted molar refractivity (Wildman–Crippen MR) is 60.8 cm³/mol. The molecule has 0 heterocycles. The summed E-state index contributed by atoms with van der Waals surface area (Å²) in [7, 11) is 0. The standard InChI is InChI=1S/C11H26N2O/c1-7-14-10(11(4,5)6)9(13-12)8(2)3/h8-10,13H,7,12H2,1-6H3. The van der Waals surface area contributed by atoms with Crippen molar-refractivity contribution in [1.29, 1.82) is 0 Å². The molecule has 2 unspecified atom stereocenters. The molecule has 3 N–H and O–H groups in total. The van der Waals surface area contributed by atoms with Crippen LogP contribution in [0.2, 0.25) is 0 Å². The van der Waals surface area contributed by atoms with E-state index in [0.29, 0.717) is 5.92 Å². The van der Waals surface area contributed by atoms with E-state index in [1.807, 2.05) is 6.92 Å². The van der Waals surface area contributed by atoms with Gasteiger partial charge in [0.05, 0.1) is 12.1 Å². The minimum atomic E-state index is 0.108. The fraction of sp³-hybridized carbons (Fsp3) is 1.00. The summed E-state index contributed by atoms with van der Waals surface area (Å²) in [5.74, 6) is 6.04. The maximum Gasteiger partial charge on any atom is 0.0791 e. The van der Waals surface area contributed by atoms with E-state index >= 15 is 0 Å². The summed E-state index contributed by atoms with van der Waals surface area (Å²) in [6, 6.07) is 0.204. The molecule has 0 aliphatic carbocycles. The molecule has 2 atom stereocenters. The SMILES string of the molecule is CCOC(C(NN)C(C)C)C(C)(C)C. The first-order chi connectivity index (χ1) is 6.34. The zero-order chi connectivity index (χ0) is 11.4. The Morgan fingerprint density at radius 3 is 2.00 bits per heavy atom. The molecule has 0 fully saturated rings. The van der Waals surface area contributed by atoms with Crippen LogP contribution in [0.3, 0.4) is 0 Å². The molecule has 0 bridgehead atoms. The largest absolute Gasteiger partial charge is 0.376 e. The van der Waals surface area contributed by atoms with E-state index in [1.54, 1.807) is 0 Å². The van der Waals surface area contributed by atoms with Gasteiger partial charge in [0, 0.05) is 6.61 Å². The van der Waals surface area contributed by atoms with E-state index in [0.717, 1.165) is 6.61 Å². The lowest BCUT2D eigenvalue weighted by Crippen LogP contribution is -2.53. The maximum absolute atomic E-state index is 5.78. The molecule has 0 spiro atoms. The lowest BCUT2D eigenvalue weighted by Gasteiger charge is -2.38. The number of nitrogens with two attached hydrogens (primary N) is 1. The Labute approximate surface area is 88.4 Å². The first kappa shape index (κ1) is 13.9. The summed E-state index contributed by atoms with van der Waals surface area (Å²) in [4.78, 5) is 0. The molecule has 0 aliphatic heterocycles. The van der Waals surface area contributed by atoms with Crippen molar-refractivity contribution in [2.75, 3.05) is 6.61 Å². The molecular formula is C11H26N2O. The molecule has 14 heavy (non-hydrogen) atoms. The van der Waals surface area contributed by atoms with Gasteiger partial charge in [0.25, 0.3) is 0 Å². The van der Waals surface area contributed by atoms with E-state index in [1.165, 1.54) is 0 Å². The number of rotatable bonds is 5. The fourth-order valence-electron chi connectivity index (χ4n) is 1.70. The van der Waals surface area contributed by atoms with E-state index in [4.69, 9.17) is 10.6 Å². The molecule has 0 rings (SSSR count). The lowest BCUT2D eigenvalue weighted by molar-refractivity contribution is -0.0456. The summed E-state index contributed by atoms with van der Waals surface area (Å²) in [5.41, 5.74) is 2.98. The number of hydrogen-bond donors (Lipinski definition) is 2. The van der Waals surface area contributed by atoms with E-state index < -0.39 is 0 Å². The summed E-state index contributed by atoms with van der Waals surface area (Å²) in [5, 5.41) is 0. The molecule has 0 amide bonds. The van der Waals surface area contributed by atoms with Crippen LogP contribution in [0.4, 0.5) is 0 Å². The molecular weight excluding hydrogens is 176 g/mol. The maximum atomic E-state index is 5.78. The number of ether oxygens (including phenoxy) is 1. The normalized spacial score (nSPS) is 17.1. The monoisotopic (exact) mass is 202 g/mol. The van der Waals surface area contributed by atoms with E-state index in [2.05, 4.69) is 40.0 Å². The second kappa shape index (κ2) is 5.69. The van der Waals surface area contributed by atoms with Crippen LogP contribution in [-0.2, 0) is 4.74 Å². The molecule has 86 valence electrons. The Morgan fingerprint density at radius 1 is 1.29 bits per heavy atom. The average Bonchev–Trinajstić information content (AvgIpc) is 2.02. The third-order valence-corrected chi connectivity index (χ3v) is 2.44. The molecule has 0 aliphatic rings. The Hall–Kier alpha value is -0.120. The van der Waals surface area contributed by atoms with Crippen molar-refractivity contribution in [3.63, 3.8) is 0 Å². The van der Waals surface area contributed by atoms with Crippen LogP contribution in [0.15, 0.2) is 0 Å². The van der Waals surface area contributed by atoms with Crippen molar-refractivity contribution < 1.29 is 4.74 Å². The second-order valence-electron chi connectivity index (χ2n) is 5.18. The average molecular weight is 202 g/mol. The quantitative estimate of drug-likeness (QED) is 0.529. The number of hydrazine groups is 1. The highest BCUT2D eigenvalue weighted by atomic mass is 16.5. The third-order valence-electron chi connectivity index (χ3n) is 2.44. The van der Waals surface area contributed by atoms with Gasteiger partial charge in [0.2, 0.25) is 0 Å². The van der Waals surface area contributed by atoms with Crippen LogP contribution in [0.1, 0.15) is 41.5 Å². The molecule has 0 saturated heterocycles. The Kier molecular flexibility index (Phi) is 5.64. The molecule has 0 saturated carbocycles. The summed E-state index contributed by atoms with van der Waals surface area (Å²) in [6.45, 7) is 13.6. The van der Waals surface area contributed by atoms with Gasteiger partial charge in [-0.3, -0.25) is 11.3 Å². The topological polar surface area (TPSA) is 47.3 Å². The minimum Gasteiger partial charge on any atom is -0.376 e. The van der Waals surface area contributed by atoms with Crippen LogP contribution in [0.25, 0.3) is 0 Å². The summed E-state index contributed by atoms with van der Waals surface area (Å²) in [6.07, 6.45) is 0.150. The van der Waals surface area contributed by atoms with Crippen molar-refractivity contribution in [1.82, 2.24) is 5.43 Å². The predicted octanol–water partition coefficient (Wildman–Crippen LogP) is 1.93. The Balaban J connectivity index is 4.60. The zero-order valence-electron chi connectivity index (χ0n) is 10.4. The molecule has 3 heteroatoms. The number of nitrogens with one attached hydrogen (secondary N) is 1. The van der Waals surface area contributed by atoms with Gasteiger partial charge in [-0.25, -0.2) is 0 Å².